The molecule has 0 spiro atoms. The molecule has 2 heteroatoms. The standard InChI is InChI=1S/C9H19N2/c1-11(2)6-4-9-8(7-11)3-5-10-9/h8-10H,3-7H2,1-2H3/q+1. The fourth-order valence-electron chi connectivity index (χ4n) is 2.59. The van der Waals surface area contributed by atoms with Gasteiger partial charge in [-0.05, 0) is 13.0 Å². The summed E-state index contributed by atoms with van der Waals surface area (Å²) in [5.74, 6) is 0.971. The van der Waals surface area contributed by atoms with Crippen molar-refractivity contribution in [3.8, 4) is 0 Å². The molecular weight excluding hydrogens is 136 g/mol. The van der Waals surface area contributed by atoms with Gasteiger partial charge in [0.1, 0.15) is 0 Å². The number of nitrogens with zero attached hydrogens (tertiary/aromatic N) is 1. The summed E-state index contributed by atoms with van der Waals surface area (Å²) in [4.78, 5) is 0. The minimum Gasteiger partial charge on any atom is -0.328 e. The van der Waals surface area contributed by atoms with Crippen molar-refractivity contribution in [2.24, 2.45) is 5.92 Å². The summed E-state index contributed by atoms with van der Waals surface area (Å²) >= 11 is 0. The van der Waals surface area contributed by atoms with Crippen molar-refractivity contribution in [3.05, 3.63) is 0 Å². The van der Waals surface area contributed by atoms with Crippen LogP contribution >= 0.6 is 0 Å². The molecule has 0 saturated carbocycles. The minimum absolute atomic E-state index is 0.862. The average molecular weight is 155 g/mol. The number of fused-ring (bicyclic) bond motifs is 1. The predicted molar refractivity (Wildman–Crippen MR) is 46.4 cm³/mol. The Kier molecular flexibility index (Phi) is 1.69. The van der Waals surface area contributed by atoms with Crippen LogP contribution in [0.25, 0.3) is 0 Å². The van der Waals surface area contributed by atoms with E-state index in [2.05, 4.69) is 19.4 Å². The lowest BCUT2D eigenvalue weighted by atomic mass is 9.92. The van der Waals surface area contributed by atoms with Crippen molar-refractivity contribution in [3.63, 3.8) is 0 Å². The molecule has 2 fully saturated rings. The van der Waals surface area contributed by atoms with Crippen LogP contribution in [0.15, 0.2) is 0 Å². The number of hydrogen-bond donors (Lipinski definition) is 1. The summed E-state index contributed by atoms with van der Waals surface area (Å²) < 4.78 is 1.24. The lowest BCUT2D eigenvalue weighted by Crippen LogP contribution is -2.52. The fourth-order valence-corrected chi connectivity index (χ4v) is 2.59. The van der Waals surface area contributed by atoms with E-state index in [9.17, 15) is 0 Å². The molecule has 0 amide bonds. The van der Waals surface area contributed by atoms with E-state index < -0.39 is 0 Å². The van der Waals surface area contributed by atoms with E-state index in [0.717, 1.165) is 12.0 Å². The van der Waals surface area contributed by atoms with E-state index in [1.165, 1.54) is 37.0 Å². The maximum Gasteiger partial charge on any atom is 0.0826 e. The van der Waals surface area contributed by atoms with Gasteiger partial charge in [0.05, 0.1) is 27.2 Å². The summed E-state index contributed by atoms with van der Waals surface area (Å²) in [7, 11) is 4.71. The lowest BCUT2D eigenvalue weighted by molar-refractivity contribution is -0.898. The third kappa shape index (κ3) is 1.42. The quantitative estimate of drug-likeness (QED) is 0.501. The van der Waals surface area contributed by atoms with Crippen molar-refractivity contribution < 1.29 is 4.48 Å². The highest BCUT2D eigenvalue weighted by molar-refractivity contribution is 4.85. The molecule has 2 aliphatic heterocycles. The Bertz CT molecular complexity index is 154. The van der Waals surface area contributed by atoms with Crippen molar-refractivity contribution >= 4 is 0 Å². The Morgan fingerprint density at radius 3 is 2.91 bits per heavy atom. The Hall–Kier alpha value is -0.0800. The molecule has 2 rings (SSSR count). The second kappa shape index (κ2) is 2.46. The van der Waals surface area contributed by atoms with Gasteiger partial charge in [0, 0.05) is 18.4 Å². The van der Waals surface area contributed by atoms with Gasteiger partial charge in [-0.15, -0.1) is 0 Å². The largest absolute Gasteiger partial charge is 0.328 e. The predicted octanol–water partition coefficient (Wildman–Crippen LogP) is 0.445. The molecule has 0 aliphatic carbocycles. The third-order valence-electron chi connectivity index (χ3n) is 3.26. The van der Waals surface area contributed by atoms with Crippen LogP contribution < -0.4 is 5.32 Å². The van der Waals surface area contributed by atoms with Gasteiger partial charge in [-0.25, -0.2) is 0 Å². The van der Waals surface area contributed by atoms with Crippen molar-refractivity contribution in [2.45, 2.75) is 18.9 Å². The zero-order valence-electron chi connectivity index (χ0n) is 7.64. The van der Waals surface area contributed by atoms with Crippen molar-refractivity contribution in [2.75, 3.05) is 33.7 Å². The molecule has 2 heterocycles. The van der Waals surface area contributed by atoms with Gasteiger partial charge < -0.3 is 9.80 Å². The first-order valence-corrected chi connectivity index (χ1v) is 4.73. The molecule has 11 heavy (non-hydrogen) atoms. The van der Waals surface area contributed by atoms with Crippen LogP contribution in [-0.2, 0) is 0 Å². The summed E-state index contributed by atoms with van der Waals surface area (Å²) in [5, 5.41) is 3.59. The first-order chi connectivity index (χ1) is 5.17. The SMILES string of the molecule is C[N+]1(C)CCC2NCCC2C1. The number of likely N-dealkylation sites (tertiary alicyclic amines) is 1. The molecule has 2 aliphatic rings. The van der Waals surface area contributed by atoms with Gasteiger partial charge in [-0.3, -0.25) is 0 Å². The minimum atomic E-state index is 0.862. The lowest BCUT2D eigenvalue weighted by Gasteiger charge is -2.39. The second-order valence-electron chi connectivity index (χ2n) is 4.74. The molecule has 0 aromatic heterocycles. The first kappa shape index (κ1) is 7.56. The molecule has 0 radical (unpaired) electrons. The Morgan fingerprint density at radius 1 is 1.27 bits per heavy atom. The van der Waals surface area contributed by atoms with Crippen LogP contribution in [0.5, 0.6) is 0 Å². The summed E-state index contributed by atoms with van der Waals surface area (Å²) in [6, 6.07) is 0.862. The number of quaternary nitrogens is 1. The molecule has 2 saturated heterocycles. The maximum atomic E-state index is 3.59. The van der Waals surface area contributed by atoms with E-state index >= 15 is 0 Å². The van der Waals surface area contributed by atoms with Gasteiger partial charge >= 0.3 is 0 Å². The normalized spacial score (nSPS) is 42.0. The third-order valence-corrected chi connectivity index (χ3v) is 3.26. The maximum absolute atomic E-state index is 3.59. The van der Waals surface area contributed by atoms with Crippen molar-refractivity contribution in [1.82, 2.24) is 5.32 Å². The Labute approximate surface area is 69.2 Å². The average Bonchev–Trinajstić information content (AvgIpc) is 2.31. The number of hydrogen-bond acceptors (Lipinski definition) is 1. The van der Waals surface area contributed by atoms with Crippen LogP contribution in [0.1, 0.15) is 12.8 Å². The summed E-state index contributed by atoms with van der Waals surface area (Å²) in [6.45, 7) is 4.00. The molecule has 64 valence electrons. The van der Waals surface area contributed by atoms with Crippen LogP contribution in [-0.4, -0.2) is 44.3 Å². The van der Waals surface area contributed by atoms with Gasteiger partial charge in [-0.2, -0.15) is 0 Å². The molecule has 2 nitrogen and oxygen atoms in total. The van der Waals surface area contributed by atoms with Gasteiger partial charge in [0.25, 0.3) is 0 Å². The van der Waals surface area contributed by atoms with E-state index in [0.29, 0.717) is 0 Å². The molecule has 0 bridgehead atoms. The van der Waals surface area contributed by atoms with Crippen LogP contribution in [0, 0.1) is 5.92 Å². The highest BCUT2D eigenvalue weighted by Crippen LogP contribution is 2.26. The molecule has 0 aromatic rings. The van der Waals surface area contributed by atoms with Gasteiger partial charge in [-0.1, -0.05) is 0 Å². The zero-order chi connectivity index (χ0) is 7.90. The fraction of sp³-hybridized carbons (Fsp3) is 1.00. The van der Waals surface area contributed by atoms with E-state index in [1.807, 2.05) is 0 Å². The number of piperidine rings is 1. The Morgan fingerprint density at radius 2 is 2.09 bits per heavy atom. The van der Waals surface area contributed by atoms with Gasteiger partial charge in [0.15, 0.2) is 0 Å². The van der Waals surface area contributed by atoms with E-state index in [4.69, 9.17) is 0 Å². The smallest absolute Gasteiger partial charge is 0.0826 e. The zero-order valence-corrected chi connectivity index (χ0v) is 7.64. The number of nitrogens with one attached hydrogen (secondary N) is 1. The molecule has 1 N–H and O–H groups in total. The monoisotopic (exact) mass is 155 g/mol. The summed E-state index contributed by atoms with van der Waals surface area (Å²) in [5.41, 5.74) is 0. The van der Waals surface area contributed by atoms with E-state index in [1.54, 1.807) is 0 Å². The second-order valence-corrected chi connectivity index (χ2v) is 4.74. The van der Waals surface area contributed by atoms with Gasteiger partial charge in [0.2, 0.25) is 0 Å². The summed E-state index contributed by atoms with van der Waals surface area (Å²) in [6.07, 6.45) is 2.80. The Balaban J connectivity index is 2.02. The first-order valence-electron chi connectivity index (χ1n) is 4.73. The molecule has 2 atom stereocenters. The van der Waals surface area contributed by atoms with E-state index in [-0.39, 0.29) is 0 Å². The molecule has 0 aromatic carbocycles. The van der Waals surface area contributed by atoms with Crippen LogP contribution in [0.3, 0.4) is 0 Å². The molecule has 2 unspecified atom stereocenters. The molecular formula is C9H19N2+. The van der Waals surface area contributed by atoms with Crippen LogP contribution in [0.2, 0.25) is 0 Å². The van der Waals surface area contributed by atoms with Crippen LogP contribution in [0.4, 0.5) is 0 Å². The number of rotatable bonds is 0. The van der Waals surface area contributed by atoms with Crippen molar-refractivity contribution in [1.29, 1.82) is 0 Å². The topological polar surface area (TPSA) is 12.0 Å². The highest BCUT2D eigenvalue weighted by atomic mass is 15.3. The highest BCUT2D eigenvalue weighted by Gasteiger charge is 2.37.